The smallest absolute Gasteiger partial charge is 0.193 e. The van der Waals surface area contributed by atoms with Crippen molar-refractivity contribution < 1.29 is 14.3 Å². The quantitative estimate of drug-likeness (QED) is 0.109. The lowest BCUT2D eigenvalue weighted by Gasteiger charge is -2.07. The van der Waals surface area contributed by atoms with E-state index in [0.29, 0.717) is 24.3 Å². The summed E-state index contributed by atoms with van der Waals surface area (Å²) in [7, 11) is 0. The highest BCUT2D eigenvalue weighted by Gasteiger charge is 2.08. The molecule has 0 aliphatic carbocycles. The second-order valence-corrected chi connectivity index (χ2v) is 10.6. The number of rotatable bonds is 16. The molecule has 2 rings (SSSR count). The fourth-order valence-electron chi connectivity index (χ4n) is 4.13. The van der Waals surface area contributed by atoms with Crippen LogP contribution in [0.25, 0.3) is 0 Å². The molecule has 2 aromatic rings. The lowest BCUT2D eigenvalue weighted by Crippen LogP contribution is -2.02. The number of aryl methyl sites for hydroxylation is 1. The number of terminal acetylenes is 1. The van der Waals surface area contributed by atoms with E-state index in [1.807, 2.05) is 55.5 Å². The topological polar surface area (TPSA) is 35.5 Å². The van der Waals surface area contributed by atoms with E-state index in [9.17, 15) is 4.79 Å². The molecular weight excluding hydrogens is 625 g/mol. The van der Waals surface area contributed by atoms with Crippen LogP contribution in [0.1, 0.15) is 85.7 Å². The van der Waals surface area contributed by atoms with Crippen molar-refractivity contribution in [1.82, 2.24) is 0 Å². The summed E-state index contributed by atoms with van der Waals surface area (Å²) < 4.78 is 11.2. The standard InChI is InChI=1S/C48H36O3/c1-3-4-5-6-7-8-9-10-11-12-13-14-15-16-17-18-21-24-27-30-41-50-42-31-28-25-22-19-20-23-26-29-32-43-51-47-39-37-46(38-40-47)48(49)45-35-33-44(2)34-36-45/h1,33-40H,19-20,22-23,25-26,28-29,31-32,42-43H2,2H3. The predicted molar refractivity (Wildman–Crippen MR) is 205 cm³/mol. The largest absolute Gasteiger partial charge is 0.494 e. The van der Waals surface area contributed by atoms with Gasteiger partial charge in [-0.1, -0.05) is 81.2 Å². The van der Waals surface area contributed by atoms with Crippen LogP contribution in [0.2, 0.25) is 0 Å². The maximum absolute atomic E-state index is 12.6. The van der Waals surface area contributed by atoms with Crippen LogP contribution in [0.5, 0.6) is 5.75 Å². The molecule has 0 saturated heterocycles. The monoisotopic (exact) mass is 660 g/mol. The zero-order valence-corrected chi connectivity index (χ0v) is 28.9. The highest BCUT2D eigenvalue weighted by Crippen LogP contribution is 2.17. The van der Waals surface area contributed by atoms with Gasteiger partial charge in [-0.15, -0.1) is 6.42 Å². The van der Waals surface area contributed by atoms with Crippen LogP contribution < -0.4 is 4.74 Å². The van der Waals surface area contributed by atoms with Crippen LogP contribution in [0.4, 0.5) is 0 Å². The zero-order chi connectivity index (χ0) is 36.3. The van der Waals surface area contributed by atoms with Crippen molar-refractivity contribution in [3.63, 3.8) is 0 Å². The fraction of sp³-hybridized carbons (Fsp3) is 0.271. The van der Waals surface area contributed by atoms with Crippen molar-refractivity contribution in [2.75, 3.05) is 13.2 Å². The number of hydrogen-bond acceptors (Lipinski definition) is 3. The summed E-state index contributed by atoms with van der Waals surface area (Å²) in [6.45, 7) is 3.31. The Morgan fingerprint density at radius 2 is 0.824 bits per heavy atom. The third-order valence-electron chi connectivity index (χ3n) is 6.66. The van der Waals surface area contributed by atoms with Gasteiger partial charge in [0.1, 0.15) is 18.5 Å². The normalized spacial score (nSPS) is 7.92. The van der Waals surface area contributed by atoms with Crippen LogP contribution in [0.3, 0.4) is 0 Å². The highest BCUT2D eigenvalue weighted by molar-refractivity contribution is 6.09. The summed E-state index contributed by atoms with van der Waals surface area (Å²) in [6, 6.07) is 15.1. The molecule has 0 radical (unpaired) electrons. The van der Waals surface area contributed by atoms with Crippen LogP contribution in [-0.2, 0) is 4.74 Å². The van der Waals surface area contributed by atoms with E-state index >= 15 is 0 Å². The molecule has 0 aliphatic heterocycles. The molecule has 0 atom stereocenters. The molecule has 0 unspecified atom stereocenters. The molecule has 3 heteroatoms. The number of carbonyl (C=O) groups is 1. The first-order valence-corrected chi connectivity index (χ1v) is 16.6. The molecule has 0 spiro atoms. The SMILES string of the molecule is C#CC#CC#CC#CC#CC#CC#CC#CC#CC#CC#COCCCCCCCCCCCCOc1ccc(C(=O)c2ccc(C)cc2)cc1. The Labute approximate surface area is 305 Å². The van der Waals surface area contributed by atoms with Crippen molar-refractivity contribution in [2.24, 2.45) is 0 Å². The molecular formula is C48H36O3. The molecule has 0 N–H and O–H groups in total. The van der Waals surface area contributed by atoms with Crippen LogP contribution in [-0.4, -0.2) is 19.0 Å². The van der Waals surface area contributed by atoms with Gasteiger partial charge >= 0.3 is 0 Å². The number of unbranched alkanes of at least 4 members (excludes halogenated alkanes) is 9. The molecule has 0 heterocycles. The first-order chi connectivity index (χ1) is 25.2. The summed E-state index contributed by atoms with van der Waals surface area (Å²) in [5.41, 5.74) is 2.52. The third-order valence-corrected chi connectivity index (χ3v) is 6.66. The van der Waals surface area contributed by atoms with Crippen LogP contribution in [0, 0.1) is 138 Å². The molecule has 0 fully saturated rings. The Morgan fingerprint density at radius 1 is 0.471 bits per heavy atom. The number of hydrogen-bond donors (Lipinski definition) is 0. The molecule has 0 bridgehead atoms. The van der Waals surface area contributed by atoms with Crippen LogP contribution in [0.15, 0.2) is 48.5 Å². The first-order valence-electron chi connectivity index (χ1n) is 16.6. The summed E-state index contributed by atoms with van der Waals surface area (Å²) in [5.74, 6) is 50.8. The maximum Gasteiger partial charge on any atom is 0.193 e. The van der Waals surface area contributed by atoms with Gasteiger partial charge in [0.15, 0.2) is 5.78 Å². The number of ketones is 1. The second-order valence-electron chi connectivity index (χ2n) is 10.6. The molecule has 0 aliphatic rings. The molecule has 0 amide bonds. The second kappa shape index (κ2) is 29.0. The highest BCUT2D eigenvalue weighted by atomic mass is 16.5. The molecule has 51 heavy (non-hydrogen) atoms. The van der Waals surface area contributed by atoms with E-state index < -0.39 is 0 Å². The average molecular weight is 661 g/mol. The first kappa shape index (κ1) is 40.0. The van der Waals surface area contributed by atoms with Gasteiger partial charge in [0.2, 0.25) is 0 Å². The van der Waals surface area contributed by atoms with Gasteiger partial charge in [0.05, 0.1) is 6.61 Å². The minimum Gasteiger partial charge on any atom is -0.494 e. The minimum atomic E-state index is 0.0296. The van der Waals surface area contributed by atoms with Gasteiger partial charge in [0, 0.05) is 82.2 Å². The van der Waals surface area contributed by atoms with E-state index in [0.717, 1.165) is 30.6 Å². The lowest BCUT2D eigenvalue weighted by atomic mass is 10.0. The minimum absolute atomic E-state index is 0.0296. The Kier molecular flexibility index (Phi) is 22.8. The van der Waals surface area contributed by atoms with Gasteiger partial charge < -0.3 is 9.47 Å². The van der Waals surface area contributed by atoms with Gasteiger partial charge in [-0.25, -0.2) is 0 Å². The van der Waals surface area contributed by atoms with E-state index in [4.69, 9.17) is 15.9 Å². The van der Waals surface area contributed by atoms with Crippen molar-refractivity contribution in [2.45, 2.75) is 71.1 Å². The zero-order valence-electron chi connectivity index (χ0n) is 28.9. The Morgan fingerprint density at radius 3 is 1.25 bits per heavy atom. The van der Waals surface area contributed by atoms with Gasteiger partial charge in [-0.2, -0.15) is 0 Å². The number of ether oxygens (including phenoxy) is 2. The summed E-state index contributed by atoms with van der Waals surface area (Å²) in [5, 5.41) is 0. The summed E-state index contributed by atoms with van der Waals surface area (Å²) in [6.07, 6.45) is 19.3. The summed E-state index contributed by atoms with van der Waals surface area (Å²) >= 11 is 0. The molecule has 3 nitrogen and oxygen atoms in total. The van der Waals surface area contributed by atoms with Gasteiger partial charge in [0.25, 0.3) is 0 Å². The molecule has 2 aromatic carbocycles. The molecule has 246 valence electrons. The molecule has 0 saturated carbocycles. The van der Waals surface area contributed by atoms with Crippen molar-refractivity contribution in [3.8, 4) is 137 Å². The van der Waals surface area contributed by atoms with E-state index in [1.165, 1.54) is 44.9 Å². The Bertz CT molecular complexity index is 2130. The Hall–Kier alpha value is -7.13. The number of benzene rings is 2. The number of carbonyl (C=O) groups excluding carboxylic acids is 1. The lowest BCUT2D eigenvalue weighted by molar-refractivity contribution is 0.103. The Balaban J connectivity index is 1.41. The van der Waals surface area contributed by atoms with E-state index in [2.05, 4.69) is 125 Å². The predicted octanol–water partition coefficient (Wildman–Crippen LogP) is 7.15. The van der Waals surface area contributed by atoms with Crippen molar-refractivity contribution >= 4 is 5.78 Å². The maximum atomic E-state index is 12.6. The van der Waals surface area contributed by atoms with E-state index in [1.54, 1.807) is 0 Å². The van der Waals surface area contributed by atoms with Crippen molar-refractivity contribution in [3.05, 3.63) is 65.2 Å². The van der Waals surface area contributed by atoms with Gasteiger partial charge in [-0.3, -0.25) is 4.79 Å². The van der Waals surface area contributed by atoms with Crippen molar-refractivity contribution in [1.29, 1.82) is 0 Å². The summed E-state index contributed by atoms with van der Waals surface area (Å²) in [4.78, 5) is 12.6. The van der Waals surface area contributed by atoms with Gasteiger partial charge in [-0.05, 0) is 91.4 Å². The van der Waals surface area contributed by atoms with Crippen LogP contribution >= 0.6 is 0 Å². The average Bonchev–Trinajstić information content (AvgIpc) is 3.15. The fourth-order valence-corrected chi connectivity index (χ4v) is 4.13. The third kappa shape index (κ3) is 22.1. The van der Waals surface area contributed by atoms with E-state index in [-0.39, 0.29) is 5.78 Å². The molecule has 0 aromatic heterocycles.